The number of benzene rings is 5. The predicted octanol–water partition coefficient (Wildman–Crippen LogP) is 8.96. The van der Waals surface area contributed by atoms with Crippen molar-refractivity contribution in [2.24, 2.45) is 0 Å². The van der Waals surface area contributed by atoms with Gasteiger partial charge in [-0.1, -0.05) is 24.3 Å². The minimum absolute atomic E-state index is 0.201. The van der Waals surface area contributed by atoms with Gasteiger partial charge in [0, 0.05) is 11.1 Å². The molecule has 1 heterocycles. The van der Waals surface area contributed by atoms with Gasteiger partial charge in [0.05, 0.1) is 0 Å². The summed E-state index contributed by atoms with van der Waals surface area (Å²) in [6.45, 7) is 4.50. The summed E-state index contributed by atoms with van der Waals surface area (Å²) >= 11 is -1.95. The van der Waals surface area contributed by atoms with Gasteiger partial charge < -0.3 is 0 Å². The zero-order valence-corrected chi connectivity index (χ0v) is 26.8. The van der Waals surface area contributed by atoms with Crippen molar-refractivity contribution in [3.63, 3.8) is 0 Å². The fraction of sp³-hybridized carbons (Fsp3) is 0.158. The van der Waals surface area contributed by atoms with Crippen LogP contribution in [0.4, 0.5) is 17.1 Å². The van der Waals surface area contributed by atoms with Crippen LogP contribution in [-0.4, -0.2) is 24.8 Å². The molecule has 0 amide bonds. The molecule has 0 saturated heterocycles. The van der Waals surface area contributed by atoms with Crippen molar-refractivity contribution in [2.75, 3.05) is 4.90 Å². The Balaban J connectivity index is 1.34. The van der Waals surface area contributed by atoms with E-state index in [1.807, 2.05) is 42.5 Å². The van der Waals surface area contributed by atoms with E-state index < -0.39 is 13.3 Å². The fourth-order valence-corrected chi connectivity index (χ4v) is 8.95. The van der Waals surface area contributed by atoms with Gasteiger partial charge in [0.15, 0.2) is 0 Å². The third-order valence-electron chi connectivity index (χ3n) is 8.92. The number of carbonyl (C=O) groups excluding carboxylic acids is 2. The molecule has 0 unspecified atom stereocenters. The zero-order valence-electron chi connectivity index (χ0n) is 24.7. The van der Waals surface area contributed by atoms with Crippen LogP contribution in [0.2, 0.25) is 17.3 Å². The SMILES string of the molecule is CC1(C)c2ccccc2N(c2cc[c]([Ge]([CH3])([CH3])[CH3])cc2)c2ccc(C=C3C(=O)c4cc5ccccc5cc4C3=O)cc21. The number of fused-ring (bicyclic) bond motifs is 4. The maximum absolute atomic E-state index is 13.5. The second kappa shape index (κ2) is 9.40. The summed E-state index contributed by atoms with van der Waals surface area (Å²) in [7, 11) is 0. The van der Waals surface area contributed by atoms with Crippen molar-refractivity contribution in [3.8, 4) is 0 Å². The first-order valence-electron chi connectivity index (χ1n) is 14.5. The molecule has 206 valence electrons. The Morgan fingerprint density at radius 3 is 1.83 bits per heavy atom. The molecular weight excluding hydrogens is 575 g/mol. The molecule has 1 aliphatic carbocycles. The first kappa shape index (κ1) is 26.7. The fourth-order valence-electron chi connectivity index (χ4n) is 6.51. The molecular formula is C38H33GeNO2. The summed E-state index contributed by atoms with van der Waals surface area (Å²) in [5.41, 5.74) is 7.62. The molecule has 4 heteroatoms. The first-order valence-corrected chi connectivity index (χ1v) is 21.9. The quantitative estimate of drug-likeness (QED) is 0.117. The second-order valence-electron chi connectivity index (χ2n) is 13.0. The van der Waals surface area contributed by atoms with Crippen LogP contribution in [0.1, 0.15) is 51.3 Å². The Labute approximate surface area is 249 Å². The molecule has 7 rings (SSSR count). The predicted molar refractivity (Wildman–Crippen MR) is 177 cm³/mol. The Hall–Kier alpha value is -4.22. The number of anilines is 3. The molecule has 0 bridgehead atoms. The van der Waals surface area contributed by atoms with Gasteiger partial charge in [0.25, 0.3) is 0 Å². The Morgan fingerprint density at radius 1 is 0.643 bits per heavy atom. The van der Waals surface area contributed by atoms with Crippen LogP contribution in [-0.2, 0) is 5.41 Å². The molecule has 1 aliphatic heterocycles. The third kappa shape index (κ3) is 4.10. The summed E-state index contributed by atoms with van der Waals surface area (Å²) in [4.78, 5) is 29.3. The molecule has 5 aromatic rings. The normalized spacial score (nSPS) is 15.5. The van der Waals surface area contributed by atoms with Crippen LogP contribution < -0.4 is 9.30 Å². The molecule has 0 radical (unpaired) electrons. The molecule has 0 N–H and O–H groups in total. The average Bonchev–Trinajstić information content (AvgIpc) is 3.20. The monoisotopic (exact) mass is 609 g/mol. The van der Waals surface area contributed by atoms with E-state index >= 15 is 0 Å². The van der Waals surface area contributed by atoms with Crippen LogP contribution in [0.15, 0.2) is 109 Å². The van der Waals surface area contributed by atoms with E-state index in [0.29, 0.717) is 11.1 Å². The van der Waals surface area contributed by atoms with Crippen LogP contribution in [0, 0.1) is 0 Å². The maximum atomic E-state index is 13.5. The van der Waals surface area contributed by atoms with Crippen LogP contribution in [0.5, 0.6) is 0 Å². The molecule has 5 aromatic carbocycles. The van der Waals surface area contributed by atoms with E-state index in [4.69, 9.17) is 0 Å². The van der Waals surface area contributed by atoms with Crippen molar-refractivity contribution < 1.29 is 9.59 Å². The molecule has 3 nitrogen and oxygen atoms in total. The number of carbonyl (C=O) groups is 2. The summed E-state index contributed by atoms with van der Waals surface area (Å²) < 4.78 is 1.48. The molecule has 0 aromatic heterocycles. The van der Waals surface area contributed by atoms with E-state index in [1.54, 1.807) is 6.08 Å². The van der Waals surface area contributed by atoms with Gasteiger partial charge >= 0.3 is 183 Å². The first-order chi connectivity index (χ1) is 20.0. The van der Waals surface area contributed by atoms with E-state index in [2.05, 4.69) is 96.7 Å². The van der Waals surface area contributed by atoms with Gasteiger partial charge in [-0.25, -0.2) is 0 Å². The van der Waals surface area contributed by atoms with Gasteiger partial charge in [-0.05, 0) is 22.9 Å². The van der Waals surface area contributed by atoms with Crippen molar-refractivity contribution in [3.05, 3.63) is 137 Å². The van der Waals surface area contributed by atoms with Crippen molar-refractivity contribution >= 4 is 63.1 Å². The summed E-state index contributed by atoms with van der Waals surface area (Å²) in [6.07, 6.45) is 1.78. The number of allylic oxidation sites excluding steroid dienone is 1. The van der Waals surface area contributed by atoms with E-state index in [9.17, 15) is 9.59 Å². The molecule has 0 spiro atoms. The van der Waals surface area contributed by atoms with Crippen molar-refractivity contribution in [1.29, 1.82) is 0 Å². The topological polar surface area (TPSA) is 37.4 Å². The second-order valence-corrected chi connectivity index (χ2v) is 23.7. The Kier molecular flexibility index (Phi) is 5.97. The van der Waals surface area contributed by atoms with E-state index in [0.717, 1.165) is 33.3 Å². The van der Waals surface area contributed by atoms with Crippen molar-refractivity contribution in [2.45, 2.75) is 36.5 Å². The zero-order chi connectivity index (χ0) is 29.4. The standard InChI is InChI=1S/C38H33GeNO2/c1-38(2)32-12-8-9-13-34(32)40(28-17-15-27(16-18-28)39(3,4)5)35-19-14-24(21-33(35)38)20-31-36(41)29-22-25-10-6-7-11-26(25)23-30(29)37(31)42/h6-23H,1-5H3. The van der Waals surface area contributed by atoms with E-state index in [-0.39, 0.29) is 22.6 Å². The molecule has 0 saturated carbocycles. The molecule has 2 aliphatic rings. The third-order valence-corrected chi connectivity index (χ3v) is 13.3. The van der Waals surface area contributed by atoms with Gasteiger partial charge in [0.2, 0.25) is 0 Å². The summed E-state index contributed by atoms with van der Waals surface area (Å²) in [5, 5.41) is 1.93. The summed E-state index contributed by atoms with van der Waals surface area (Å²) in [6, 6.07) is 35.6. The number of hydrogen-bond donors (Lipinski definition) is 0. The summed E-state index contributed by atoms with van der Waals surface area (Å²) in [5.74, 6) is 6.85. The number of rotatable bonds is 3. The van der Waals surface area contributed by atoms with Crippen LogP contribution in [0.3, 0.4) is 0 Å². The molecule has 0 atom stereocenters. The van der Waals surface area contributed by atoms with Gasteiger partial charge in [-0.2, -0.15) is 0 Å². The number of hydrogen-bond acceptors (Lipinski definition) is 3. The van der Waals surface area contributed by atoms with Gasteiger partial charge in [-0.3, -0.25) is 9.59 Å². The Morgan fingerprint density at radius 2 is 1.21 bits per heavy atom. The molecule has 0 fully saturated rings. The number of para-hydroxylation sites is 1. The van der Waals surface area contributed by atoms with E-state index in [1.165, 1.54) is 15.6 Å². The number of nitrogens with zero attached hydrogens (tertiary/aromatic N) is 1. The van der Waals surface area contributed by atoms with Crippen LogP contribution >= 0.6 is 0 Å². The van der Waals surface area contributed by atoms with Crippen molar-refractivity contribution in [1.82, 2.24) is 0 Å². The minimum atomic E-state index is -1.95. The Bertz CT molecular complexity index is 1920. The number of Topliss-reactive ketones (excluding diaryl/α,β-unsaturated/α-hetero) is 2. The average molecular weight is 608 g/mol. The van der Waals surface area contributed by atoms with Gasteiger partial charge in [0.1, 0.15) is 0 Å². The van der Waals surface area contributed by atoms with Crippen LogP contribution in [0.25, 0.3) is 16.8 Å². The number of ketones is 2. The van der Waals surface area contributed by atoms with Gasteiger partial charge in [-0.15, -0.1) is 0 Å². The molecule has 42 heavy (non-hydrogen) atoms.